The summed E-state index contributed by atoms with van der Waals surface area (Å²) in [5, 5.41) is 6.40. The first-order valence-electron chi connectivity index (χ1n) is 9.49. The number of ether oxygens (including phenoxy) is 1. The average Bonchev–Trinajstić information content (AvgIpc) is 3.15. The van der Waals surface area contributed by atoms with E-state index in [1.807, 2.05) is 48.5 Å². The number of rotatable bonds is 4. The van der Waals surface area contributed by atoms with Crippen LogP contribution in [0.3, 0.4) is 0 Å². The number of amides is 3. The number of fused-ring (bicyclic) bond motifs is 1. The third-order valence-corrected chi connectivity index (χ3v) is 5.94. The van der Waals surface area contributed by atoms with Crippen molar-refractivity contribution < 1.29 is 14.3 Å². The number of benzene rings is 2. The van der Waals surface area contributed by atoms with E-state index < -0.39 is 0 Å². The number of nitrogens with one attached hydrogen (secondary N) is 2. The van der Waals surface area contributed by atoms with Gasteiger partial charge in [-0.1, -0.05) is 29.5 Å². The van der Waals surface area contributed by atoms with Gasteiger partial charge < -0.3 is 20.3 Å². The van der Waals surface area contributed by atoms with Crippen molar-refractivity contribution in [3.63, 3.8) is 0 Å². The van der Waals surface area contributed by atoms with Crippen molar-refractivity contribution in [1.29, 1.82) is 0 Å². The van der Waals surface area contributed by atoms with Crippen molar-refractivity contribution >= 4 is 44.3 Å². The Morgan fingerprint density at radius 2 is 1.86 bits per heavy atom. The molecule has 1 aromatic heterocycles. The number of methoxy groups -OCH3 is 1. The van der Waals surface area contributed by atoms with E-state index in [1.165, 1.54) is 11.3 Å². The molecule has 0 atom stereocenters. The van der Waals surface area contributed by atoms with Gasteiger partial charge in [0.05, 0.1) is 17.3 Å². The van der Waals surface area contributed by atoms with Gasteiger partial charge in [0.25, 0.3) is 0 Å². The number of aromatic nitrogens is 1. The molecule has 0 aliphatic carbocycles. The second-order valence-corrected chi connectivity index (χ2v) is 7.93. The van der Waals surface area contributed by atoms with E-state index in [4.69, 9.17) is 4.74 Å². The monoisotopic (exact) mass is 410 g/mol. The van der Waals surface area contributed by atoms with Crippen LogP contribution in [-0.2, 0) is 4.79 Å². The van der Waals surface area contributed by atoms with Crippen LogP contribution in [0.15, 0.2) is 48.5 Å². The molecular formula is C21H22N4O3S. The van der Waals surface area contributed by atoms with E-state index in [-0.39, 0.29) is 17.9 Å². The lowest BCUT2D eigenvalue weighted by molar-refractivity contribution is -0.121. The van der Waals surface area contributed by atoms with E-state index in [0.29, 0.717) is 31.1 Å². The molecule has 0 unspecified atom stereocenters. The first kappa shape index (κ1) is 19.2. The van der Waals surface area contributed by atoms with Crippen LogP contribution in [-0.4, -0.2) is 42.0 Å². The van der Waals surface area contributed by atoms with Crippen LogP contribution in [0.25, 0.3) is 10.2 Å². The zero-order chi connectivity index (χ0) is 20.2. The summed E-state index contributed by atoms with van der Waals surface area (Å²) >= 11 is 1.43. The second kappa shape index (κ2) is 8.48. The van der Waals surface area contributed by atoms with Crippen LogP contribution >= 0.6 is 11.3 Å². The summed E-state index contributed by atoms with van der Waals surface area (Å²) in [6.45, 7) is 1.10. The van der Waals surface area contributed by atoms with E-state index in [1.54, 1.807) is 12.0 Å². The molecule has 1 fully saturated rings. The van der Waals surface area contributed by atoms with Gasteiger partial charge in [0.15, 0.2) is 5.13 Å². The topological polar surface area (TPSA) is 83.6 Å². The number of hydrogen-bond acceptors (Lipinski definition) is 5. The Labute approximate surface area is 172 Å². The van der Waals surface area contributed by atoms with Gasteiger partial charge in [0.2, 0.25) is 5.91 Å². The van der Waals surface area contributed by atoms with Gasteiger partial charge in [-0.05, 0) is 43.2 Å². The average molecular weight is 410 g/mol. The molecule has 0 saturated carbocycles. The molecule has 150 valence electrons. The summed E-state index contributed by atoms with van der Waals surface area (Å²) in [6, 6.07) is 14.9. The highest BCUT2D eigenvalue weighted by Crippen LogP contribution is 2.30. The molecule has 2 heterocycles. The number of hydrogen-bond donors (Lipinski definition) is 2. The summed E-state index contributed by atoms with van der Waals surface area (Å²) in [5.41, 5.74) is 1.60. The van der Waals surface area contributed by atoms with Gasteiger partial charge in [0, 0.05) is 24.7 Å². The minimum absolute atomic E-state index is 0.0425. The van der Waals surface area contributed by atoms with Gasteiger partial charge in [0.1, 0.15) is 5.75 Å². The number of anilines is 2. The fourth-order valence-electron chi connectivity index (χ4n) is 3.36. The summed E-state index contributed by atoms with van der Waals surface area (Å²) in [6.07, 6.45) is 1.26. The Bertz CT molecular complexity index is 1010. The number of carbonyl (C=O) groups is 2. The molecule has 4 rings (SSSR count). The Hall–Kier alpha value is -3.13. The maximum Gasteiger partial charge on any atom is 0.321 e. The zero-order valence-corrected chi connectivity index (χ0v) is 16.9. The Kier molecular flexibility index (Phi) is 5.62. The van der Waals surface area contributed by atoms with Crippen LogP contribution in [0, 0.1) is 5.92 Å². The maximum absolute atomic E-state index is 12.6. The van der Waals surface area contributed by atoms with Crippen LogP contribution in [0.1, 0.15) is 12.8 Å². The van der Waals surface area contributed by atoms with Gasteiger partial charge in [-0.2, -0.15) is 0 Å². The van der Waals surface area contributed by atoms with E-state index >= 15 is 0 Å². The maximum atomic E-state index is 12.6. The minimum Gasteiger partial charge on any atom is -0.497 e. The number of urea groups is 1. The third kappa shape index (κ3) is 4.48. The van der Waals surface area contributed by atoms with Crippen LogP contribution in [0.2, 0.25) is 0 Å². The Morgan fingerprint density at radius 1 is 1.10 bits per heavy atom. The minimum atomic E-state index is -0.129. The number of para-hydroxylation sites is 1. The lowest BCUT2D eigenvalue weighted by atomic mass is 9.96. The molecule has 7 nitrogen and oxygen atoms in total. The number of piperidine rings is 1. The molecule has 1 aliphatic heterocycles. The summed E-state index contributed by atoms with van der Waals surface area (Å²) in [5.74, 6) is 0.594. The number of carbonyl (C=O) groups excluding carboxylic acids is 2. The molecule has 1 saturated heterocycles. The van der Waals surface area contributed by atoms with Crippen molar-refractivity contribution in [2.45, 2.75) is 12.8 Å². The summed E-state index contributed by atoms with van der Waals surface area (Å²) in [7, 11) is 1.62. The Morgan fingerprint density at radius 3 is 2.59 bits per heavy atom. The smallest absolute Gasteiger partial charge is 0.321 e. The fourth-order valence-corrected chi connectivity index (χ4v) is 4.26. The van der Waals surface area contributed by atoms with Crippen LogP contribution < -0.4 is 15.4 Å². The van der Waals surface area contributed by atoms with Gasteiger partial charge >= 0.3 is 6.03 Å². The molecular weight excluding hydrogens is 388 g/mol. The van der Waals surface area contributed by atoms with E-state index in [9.17, 15) is 9.59 Å². The molecule has 8 heteroatoms. The van der Waals surface area contributed by atoms with Crippen molar-refractivity contribution in [3.05, 3.63) is 48.5 Å². The molecule has 0 radical (unpaired) electrons. The van der Waals surface area contributed by atoms with Crippen molar-refractivity contribution in [1.82, 2.24) is 9.88 Å². The predicted octanol–water partition coefficient (Wildman–Crippen LogP) is 4.19. The Balaban J connectivity index is 1.31. The fraction of sp³-hybridized carbons (Fsp3) is 0.286. The lowest BCUT2D eigenvalue weighted by Crippen LogP contribution is -2.43. The molecule has 3 aromatic rings. The summed E-state index contributed by atoms with van der Waals surface area (Å²) in [4.78, 5) is 31.2. The van der Waals surface area contributed by atoms with Crippen LogP contribution in [0.4, 0.5) is 15.6 Å². The molecule has 2 aromatic carbocycles. The SMILES string of the molecule is COc1ccc2nc(NC(=O)C3CCN(C(=O)Nc4ccccc4)CC3)sc2c1. The van der Waals surface area contributed by atoms with Gasteiger partial charge in [-0.25, -0.2) is 9.78 Å². The highest BCUT2D eigenvalue weighted by Gasteiger charge is 2.28. The highest BCUT2D eigenvalue weighted by molar-refractivity contribution is 7.22. The first-order chi connectivity index (χ1) is 14.1. The summed E-state index contributed by atoms with van der Waals surface area (Å²) < 4.78 is 6.19. The largest absolute Gasteiger partial charge is 0.497 e. The molecule has 3 amide bonds. The standard InChI is InChI=1S/C21H22N4O3S/c1-28-16-7-8-17-18(13-16)29-20(23-17)24-19(26)14-9-11-25(12-10-14)21(27)22-15-5-3-2-4-6-15/h2-8,13-14H,9-12H2,1H3,(H,22,27)(H,23,24,26). The molecule has 29 heavy (non-hydrogen) atoms. The van der Waals surface area contributed by atoms with Crippen molar-refractivity contribution in [2.24, 2.45) is 5.92 Å². The molecule has 1 aliphatic rings. The lowest BCUT2D eigenvalue weighted by Gasteiger charge is -2.31. The molecule has 2 N–H and O–H groups in total. The second-order valence-electron chi connectivity index (χ2n) is 6.90. The van der Waals surface area contributed by atoms with E-state index in [2.05, 4.69) is 15.6 Å². The predicted molar refractivity (Wildman–Crippen MR) is 115 cm³/mol. The van der Waals surface area contributed by atoms with Gasteiger partial charge in [-0.15, -0.1) is 0 Å². The van der Waals surface area contributed by atoms with E-state index in [0.717, 1.165) is 21.7 Å². The molecule has 0 bridgehead atoms. The third-order valence-electron chi connectivity index (χ3n) is 5.00. The van der Waals surface area contributed by atoms with Crippen molar-refractivity contribution in [3.8, 4) is 5.75 Å². The highest BCUT2D eigenvalue weighted by atomic mass is 32.1. The zero-order valence-electron chi connectivity index (χ0n) is 16.1. The number of thiazole rings is 1. The number of likely N-dealkylation sites (tertiary alicyclic amines) is 1. The van der Waals surface area contributed by atoms with Gasteiger partial charge in [-0.3, -0.25) is 4.79 Å². The van der Waals surface area contributed by atoms with Crippen LogP contribution in [0.5, 0.6) is 5.75 Å². The quantitative estimate of drug-likeness (QED) is 0.676. The first-order valence-corrected chi connectivity index (χ1v) is 10.3. The normalized spacial score (nSPS) is 14.6. The number of nitrogens with zero attached hydrogens (tertiary/aromatic N) is 2. The molecule has 0 spiro atoms. The van der Waals surface area contributed by atoms with Crippen molar-refractivity contribution in [2.75, 3.05) is 30.8 Å².